The van der Waals surface area contributed by atoms with E-state index in [0.29, 0.717) is 19.6 Å². The molecule has 0 radical (unpaired) electrons. The molecule has 3 N–H and O–H groups in total. The van der Waals surface area contributed by atoms with Crippen molar-refractivity contribution in [1.82, 2.24) is 9.80 Å². The molecule has 0 spiro atoms. The molecule has 6 heteroatoms. The number of benzene rings is 1. The average Bonchev–Trinajstić information content (AvgIpc) is 2.50. The van der Waals surface area contributed by atoms with Crippen LogP contribution in [0.5, 0.6) is 0 Å². The van der Waals surface area contributed by atoms with E-state index >= 15 is 0 Å². The summed E-state index contributed by atoms with van der Waals surface area (Å²) in [5.74, 6) is -0.0546. The summed E-state index contributed by atoms with van der Waals surface area (Å²) < 4.78 is 0. The fourth-order valence-corrected chi connectivity index (χ4v) is 2.24. The Bertz CT molecular complexity index is 515. The van der Waals surface area contributed by atoms with E-state index in [0.717, 1.165) is 11.3 Å². The van der Waals surface area contributed by atoms with Gasteiger partial charge in [0.25, 0.3) is 0 Å². The molecule has 1 heterocycles. The predicted molar refractivity (Wildman–Crippen MR) is 81.6 cm³/mol. The van der Waals surface area contributed by atoms with Crippen molar-refractivity contribution >= 4 is 17.5 Å². The van der Waals surface area contributed by atoms with Crippen LogP contribution in [0.4, 0.5) is 5.69 Å². The van der Waals surface area contributed by atoms with Gasteiger partial charge in [-0.1, -0.05) is 12.1 Å². The highest BCUT2D eigenvalue weighted by molar-refractivity contribution is 5.95. The number of amides is 2. The molecular weight excluding hydrogens is 268 g/mol. The lowest BCUT2D eigenvalue weighted by Crippen LogP contribution is -2.54. The molecule has 1 unspecified atom stereocenters. The maximum absolute atomic E-state index is 12.3. The summed E-state index contributed by atoms with van der Waals surface area (Å²) in [6, 6.07) is 7.11. The zero-order valence-corrected chi connectivity index (χ0v) is 12.5. The fourth-order valence-electron chi connectivity index (χ4n) is 2.24. The molecule has 1 aromatic carbocycles. The summed E-state index contributed by atoms with van der Waals surface area (Å²) in [7, 11) is 1.78. The van der Waals surface area contributed by atoms with Crippen LogP contribution >= 0.6 is 0 Å². The largest absolute Gasteiger partial charge is 0.343 e. The van der Waals surface area contributed by atoms with Gasteiger partial charge in [0.15, 0.2) is 0 Å². The number of nitrogens with zero attached hydrogens (tertiary/aromatic N) is 2. The second kappa shape index (κ2) is 6.69. The van der Waals surface area contributed by atoms with Crippen molar-refractivity contribution in [2.24, 2.45) is 5.73 Å². The summed E-state index contributed by atoms with van der Waals surface area (Å²) in [4.78, 5) is 27.5. The van der Waals surface area contributed by atoms with Crippen LogP contribution in [0.1, 0.15) is 12.5 Å². The molecule has 2 rings (SSSR count). The van der Waals surface area contributed by atoms with Gasteiger partial charge in [-0.2, -0.15) is 0 Å². The first-order valence-corrected chi connectivity index (χ1v) is 7.09. The second-order valence-electron chi connectivity index (χ2n) is 5.35. The van der Waals surface area contributed by atoms with Crippen molar-refractivity contribution in [3.63, 3.8) is 0 Å². The van der Waals surface area contributed by atoms with Crippen molar-refractivity contribution in [1.29, 1.82) is 0 Å². The first kappa shape index (κ1) is 15.5. The maximum Gasteiger partial charge on any atom is 0.241 e. The molecule has 1 aliphatic heterocycles. The van der Waals surface area contributed by atoms with Crippen molar-refractivity contribution in [3.05, 3.63) is 29.8 Å². The van der Waals surface area contributed by atoms with Crippen molar-refractivity contribution in [3.8, 4) is 0 Å². The SMILES string of the molecule is CC(C(=O)Nc1ccc(CN)cc1)N1CCN(C)C(=O)C1. The monoisotopic (exact) mass is 290 g/mol. The molecule has 1 aliphatic rings. The van der Waals surface area contributed by atoms with E-state index in [1.54, 1.807) is 11.9 Å². The summed E-state index contributed by atoms with van der Waals surface area (Å²) in [5.41, 5.74) is 7.30. The standard InChI is InChI=1S/C15H22N4O2/c1-11(19-8-7-18(2)14(20)10-19)15(21)17-13-5-3-12(9-16)4-6-13/h3-6,11H,7-10,16H2,1-2H3,(H,17,21). The van der Waals surface area contributed by atoms with Gasteiger partial charge < -0.3 is 16.0 Å². The molecule has 1 atom stereocenters. The van der Waals surface area contributed by atoms with E-state index in [2.05, 4.69) is 5.32 Å². The molecule has 0 aliphatic carbocycles. The molecule has 0 aromatic heterocycles. The normalized spacial score (nSPS) is 17.7. The van der Waals surface area contributed by atoms with Crippen LogP contribution < -0.4 is 11.1 Å². The van der Waals surface area contributed by atoms with Gasteiger partial charge in [-0.3, -0.25) is 14.5 Å². The number of hydrogen-bond acceptors (Lipinski definition) is 4. The van der Waals surface area contributed by atoms with Gasteiger partial charge >= 0.3 is 0 Å². The third-order valence-corrected chi connectivity index (χ3v) is 3.87. The lowest BCUT2D eigenvalue weighted by molar-refractivity contribution is -0.136. The van der Waals surface area contributed by atoms with Crippen molar-refractivity contribution < 1.29 is 9.59 Å². The molecule has 6 nitrogen and oxygen atoms in total. The Hall–Kier alpha value is -1.92. The molecule has 114 valence electrons. The minimum absolute atomic E-state index is 0.0493. The van der Waals surface area contributed by atoms with E-state index < -0.39 is 0 Å². The maximum atomic E-state index is 12.3. The number of hydrogen-bond donors (Lipinski definition) is 2. The highest BCUT2D eigenvalue weighted by atomic mass is 16.2. The Morgan fingerprint density at radius 3 is 2.57 bits per heavy atom. The van der Waals surface area contributed by atoms with Gasteiger partial charge in [-0.15, -0.1) is 0 Å². The number of likely N-dealkylation sites (N-methyl/N-ethyl adjacent to an activating group) is 1. The molecule has 1 saturated heterocycles. The Morgan fingerprint density at radius 1 is 1.33 bits per heavy atom. The lowest BCUT2D eigenvalue weighted by Gasteiger charge is -2.35. The molecule has 1 fully saturated rings. The summed E-state index contributed by atoms with van der Waals surface area (Å²) in [5, 5.41) is 2.87. The molecular formula is C15H22N4O2. The van der Waals surface area contributed by atoms with Gasteiger partial charge in [0, 0.05) is 32.4 Å². The third kappa shape index (κ3) is 3.80. The fraction of sp³-hybridized carbons (Fsp3) is 0.467. The van der Waals surface area contributed by atoms with E-state index in [9.17, 15) is 9.59 Å². The number of carbonyl (C=O) groups is 2. The van der Waals surface area contributed by atoms with Gasteiger partial charge in [-0.25, -0.2) is 0 Å². The molecule has 2 amide bonds. The Morgan fingerprint density at radius 2 is 2.00 bits per heavy atom. The van der Waals surface area contributed by atoms with Crippen molar-refractivity contribution in [2.45, 2.75) is 19.5 Å². The highest BCUT2D eigenvalue weighted by Gasteiger charge is 2.28. The van der Waals surface area contributed by atoms with Crippen LogP contribution in [0, 0.1) is 0 Å². The zero-order valence-electron chi connectivity index (χ0n) is 12.5. The topological polar surface area (TPSA) is 78.7 Å². The van der Waals surface area contributed by atoms with Gasteiger partial charge in [0.05, 0.1) is 12.6 Å². The van der Waals surface area contributed by atoms with Crippen LogP contribution in [-0.2, 0) is 16.1 Å². The molecule has 1 aromatic rings. The van der Waals surface area contributed by atoms with E-state index in [1.807, 2.05) is 36.1 Å². The van der Waals surface area contributed by atoms with E-state index in [4.69, 9.17) is 5.73 Å². The van der Waals surface area contributed by atoms with E-state index in [-0.39, 0.29) is 24.4 Å². The number of rotatable bonds is 4. The number of carbonyl (C=O) groups excluding carboxylic acids is 2. The Balaban J connectivity index is 1.94. The predicted octanol–water partition coefficient (Wildman–Crippen LogP) is 0.246. The molecule has 0 saturated carbocycles. The van der Waals surface area contributed by atoms with Crippen LogP contribution in [-0.4, -0.2) is 54.3 Å². The van der Waals surface area contributed by atoms with Crippen LogP contribution in [0.25, 0.3) is 0 Å². The number of anilines is 1. The van der Waals surface area contributed by atoms with Gasteiger partial charge in [-0.05, 0) is 24.6 Å². The minimum Gasteiger partial charge on any atom is -0.343 e. The van der Waals surface area contributed by atoms with Crippen molar-refractivity contribution in [2.75, 3.05) is 32.0 Å². The van der Waals surface area contributed by atoms with Crippen LogP contribution in [0.2, 0.25) is 0 Å². The first-order valence-electron chi connectivity index (χ1n) is 7.09. The number of nitrogens with two attached hydrogens (primary N) is 1. The highest BCUT2D eigenvalue weighted by Crippen LogP contribution is 2.12. The Kier molecular flexibility index (Phi) is 4.93. The van der Waals surface area contributed by atoms with Crippen LogP contribution in [0.15, 0.2) is 24.3 Å². The van der Waals surface area contributed by atoms with Gasteiger partial charge in [0.2, 0.25) is 11.8 Å². The quantitative estimate of drug-likeness (QED) is 0.833. The first-order chi connectivity index (χ1) is 10.0. The number of nitrogens with one attached hydrogen (secondary N) is 1. The molecule has 0 bridgehead atoms. The lowest BCUT2D eigenvalue weighted by atomic mass is 10.2. The van der Waals surface area contributed by atoms with Crippen LogP contribution in [0.3, 0.4) is 0 Å². The molecule has 21 heavy (non-hydrogen) atoms. The second-order valence-corrected chi connectivity index (χ2v) is 5.35. The number of piperazine rings is 1. The van der Waals surface area contributed by atoms with Gasteiger partial charge in [0.1, 0.15) is 0 Å². The average molecular weight is 290 g/mol. The summed E-state index contributed by atoms with van der Waals surface area (Å²) in [6.07, 6.45) is 0. The summed E-state index contributed by atoms with van der Waals surface area (Å²) in [6.45, 7) is 3.96. The third-order valence-electron chi connectivity index (χ3n) is 3.87. The smallest absolute Gasteiger partial charge is 0.241 e. The zero-order chi connectivity index (χ0) is 15.4. The summed E-state index contributed by atoms with van der Waals surface area (Å²) >= 11 is 0. The Labute approximate surface area is 124 Å². The minimum atomic E-state index is -0.336. The van der Waals surface area contributed by atoms with E-state index in [1.165, 1.54) is 0 Å².